The number of hydrogen-bond acceptors (Lipinski definition) is 2. The third kappa shape index (κ3) is 7.73. The minimum Gasteiger partial charge on any atom is -0.356 e. The van der Waals surface area contributed by atoms with E-state index < -0.39 is 0 Å². The van der Waals surface area contributed by atoms with Crippen molar-refractivity contribution in [2.45, 2.75) is 73.0 Å². The van der Waals surface area contributed by atoms with Crippen LogP contribution in [0.1, 0.15) is 54.9 Å². The van der Waals surface area contributed by atoms with Gasteiger partial charge in [0.15, 0.2) is 5.96 Å². The summed E-state index contributed by atoms with van der Waals surface area (Å²) in [5.41, 5.74) is 0. The zero-order chi connectivity index (χ0) is 15.7. The van der Waals surface area contributed by atoms with Crippen molar-refractivity contribution in [2.24, 2.45) is 10.9 Å². The first-order valence-electron chi connectivity index (χ1n) is 8.02. The molecule has 0 aliphatic carbocycles. The maximum atomic E-state index is 4.28. The van der Waals surface area contributed by atoms with Crippen molar-refractivity contribution in [3.63, 3.8) is 0 Å². The Morgan fingerprint density at radius 2 is 1.55 bits per heavy atom. The summed E-state index contributed by atoms with van der Waals surface area (Å²) in [4.78, 5) is 6.80. The van der Waals surface area contributed by atoms with Crippen molar-refractivity contribution in [1.82, 2.24) is 15.5 Å². The van der Waals surface area contributed by atoms with E-state index in [1.807, 2.05) is 7.05 Å². The monoisotopic (exact) mass is 284 g/mol. The lowest BCUT2D eigenvalue weighted by atomic mass is 10.1. The van der Waals surface area contributed by atoms with Crippen molar-refractivity contribution in [1.29, 1.82) is 0 Å². The van der Waals surface area contributed by atoms with Gasteiger partial charge in [-0.3, -0.25) is 9.89 Å². The molecule has 0 aromatic heterocycles. The van der Waals surface area contributed by atoms with Crippen molar-refractivity contribution >= 4 is 5.96 Å². The molecule has 0 spiro atoms. The van der Waals surface area contributed by atoms with Crippen molar-refractivity contribution in [3.05, 3.63) is 0 Å². The summed E-state index contributed by atoms with van der Waals surface area (Å²) in [6, 6.07) is 1.64. The second-order valence-corrected chi connectivity index (χ2v) is 6.45. The molecule has 1 atom stereocenters. The van der Waals surface area contributed by atoms with Gasteiger partial charge in [-0.15, -0.1) is 0 Å². The van der Waals surface area contributed by atoms with Crippen LogP contribution >= 0.6 is 0 Å². The van der Waals surface area contributed by atoms with E-state index in [2.05, 4.69) is 69.0 Å². The van der Waals surface area contributed by atoms with Crippen LogP contribution in [0.2, 0.25) is 0 Å². The van der Waals surface area contributed by atoms with Gasteiger partial charge >= 0.3 is 0 Å². The van der Waals surface area contributed by atoms with Gasteiger partial charge in [-0.25, -0.2) is 0 Å². The van der Waals surface area contributed by atoms with Crippen molar-refractivity contribution in [3.8, 4) is 0 Å². The fourth-order valence-corrected chi connectivity index (χ4v) is 2.16. The van der Waals surface area contributed by atoms with Gasteiger partial charge in [-0.2, -0.15) is 0 Å². The minimum absolute atomic E-state index is 0.434. The summed E-state index contributed by atoms with van der Waals surface area (Å²) in [5.74, 6) is 1.51. The third-order valence-corrected chi connectivity index (χ3v) is 3.80. The van der Waals surface area contributed by atoms with E-state index in [-0.39, 0.29) is 0 Å². The maximum Gasteiger partial charge on any atom is 0.191 e. The van der Waals surface area contributed by atoms with Crippen LogP contribution in [-0.4, -0.2) is 49.1 Å². The molecule has 2 N–H and O–H groups in total. The summed E-state index contributed by atoms with van der Waals surface area (Å²) in [7, 11) is 1.83. The van der Waals surface area contributed by atoms with E-state index in [4.69, 9.17) is 0 Å². The van der Waals surface area contributed by atoms with Crippen LogP contribution in [0.25, 0.3) is 0 Å². The Morgan fingerprint density at radius 3 is 1.95 bits per heavy atom. The molecule has 0 aliphatic rings. The van der Waals surface area contributed by atoms with E-state index in [0.717, 1.165) is 25.5 Å². The lowest BCUT2D eigenvalue weighted by Crippen LogP contribution is -2.45. The highest BCUT2D eigenvalue weighted by Crippen LogP contribution is 2.05. The van der Waals surface area contributed by atoms with Crippen LogP contribution in [0.3, 0.4) is 0 Å². The standard InChI is InChI=1S/C16H36N4/c1-12(2)15(7)19-16(17-8)18-10-9-11-20(13(3)4)14(5)6/h12-15H,9-11H2,1-8H3,(H2,17,18,19). The van der Waals surface area contributed by atoms with Gasteiger partial charge in [-0.1, -0.05) is 13.8 Å². The number of guanidine groups is 1. The quantitative estimate of drug-likeness (QED) is 0.409. The second-order valence-electron chi connectivity index (χ2n) is 6.45. The Morgan fingerprint density at radius 1 is 1.00 bits per heavy atom. The molecule has 0 saturated carbocycles. The van der Waals surface area contributed by atoms with E-state index in [9.17, 15) is 0 Å². The highest BCUT2D eigenvalue weighted by atomic mass is 15.2. The summed E-state index contributed by atoms with van der Waals surface area (Å²) in [5, 5.41) is 6.83. The van der Waals surface area contributed by atoms with E-state index in [1.54, 1.807) is 0 Å². The third-order valence-electron chi connectivity index (χ3n) is 3.80. The highest BCUT2D eigenvalue weighted by molar-refractivity contribution is 5.79. The Hall–Kier alpha value is -0.770. The molecule has 0 bridgehead atoms. The molecule has 20 heavy (non-hydrogen) atoms. The van der Waals surface area contributed by atoms with Gasteiger partial charge in [0.25, 0.3) is 0 Å². The van der Waals surface area contributed by atoms with E-state index >= 15 is 0 Å². The number of aliphatic imine (C=N–C) groups is 1. The molecule has 0 saturated heterocycles. The Balaban J connectivity index is 4.03. The van der Waals surface area contributed by atoms with Crippen LogP contribution in [0.5, 0.6) is 0 Å². The predicted octanol–water partition coefficient (Wildman–Crippen LogP) is 2.70. The number of nitrogens with zero attached hydrogens (tertiary/aromatic N) is 2. The molecule has 4 heteroatoms. The zero-order valence-electron chi connectivity index (χ0n) is 14.8. The second kappa shape index (κ2) is 10.0. The van der Waals surface area contributed by atoms with Crippen LogP contribution in [0, 0.1) is 5.92 Å². The summed E-state index contributed by atoms with van der Waals surface area (Å²) in [6.07, 6.45) is 1.13. The first-order valence-corrected chi connectivity index (χ1v) is 8.02. The van der Waals surface area contributed by atoms with Crippen LogP contribution in [0.15, 0.2) is 4.99 Å². The molecule has 4 nitrogen and oxygen atoms in total. The van der Waals surface area contributed by atoms with Gasteiger partial charge < -0.3 is 10.6 Å². The van der Waals surface area contributed by atoms with Crippen LogP contribution in [-0.2, 0) is 0 Å². The fourth-order valence-electron chi connectivity index (χ4n) is 2.16. The van der Waals surface area contributed by atoms with Gasteiger partial charge in [0, 0.05) is 38.3 Å². The lowest BCUT2D eigenvalue weighted by Gasteiger charge is -2.30. The SMILES string of the molecule is CN=C(NCCCN(C(C)C)C(C)C)NC(C)C(C)C. The molecule has 1 unspecified atom stereocenters. The predicted molar refractivity (Wildman–Crippen MR) is 90.4 cm³/mol. The largest absolute Gasteiger partial charge is 0.356 e. The average molecular weight is 284 g/mol. The summed E-state index contributed by atoms with van der Waals surface area (Å²) >= 11 is 0. The van der Waals surface area contributed by atoms with Crippen molar-refractivity contribution < 1.29 is 0 Å². The molecule has 0 aliphatic heterocycles. The smallest absolute Gasteiger partial charge is 0.191 e. The first-order chi connectivity index (χ1) is 9.29. The number of rotatable bonds is 8. The molecular weight excluding hydrogens is 248 g/mol. The molecular formula is C16H36N4. The van der Waals surface area contributed by atoms with Gasteiger partial charge in [0.2, 0.25) is 0 Å². The topological polar surface area (TPSA) is 39.7 Å². The molecule has 0 rings (SSSR count). The lowest BCUT2D eigenvalue weighted by molar-refractivity contribution is 0.173. The first kappa shape index (κ1) is 19.2. The molecule has 0 aromatic rings. The Kier molecular flexibility index (Phi) is 9.64. The molecule has 0 radical (unpaired) electrons. The van der Waals surface area contributed by atoms with Crippen molar-refractivity contribution in [2.75, 3.05) is 20.1 Å². The molecule has 120 valence electrons. The number of hydrogen-bond donors (Lipinski definition) is 2. The summed E-state index contributed by atoms with van der Waals surface area (Å²) < 4.78 is 0. The van der Waals surface area contributed by atoms with E-state index in [1.165, 1.54) is 0 Å². The molecule has 0 fully saturated rings. The average Bonchev–Trinajstić information content (AvgIpc) is 2.35. The molecule has 0 amide bonds. The normalized spacial score (nSPS) is 14.5. The van der Waals surface area contributed by atoms with E-state index in [0.29, 0.717) is 24.0 Å². The maximum absolute atomic E-state index is 4.28. The zero-order valence-corrected chi connectivity index (χ0v) is 14.8. The Labute approximate surface area is 126 Å². The fraction of sp³-hybridized carbons (Fsp3) is 0.938. The Bertz CT molecular complexity index is 264. The van der Waals surface area contributed by atoms with Gasteiger partial charge in [0.05, 0.1) is 0 Å². The molecule has 0 aromatic carbocycles. The van der Waals surface area contributed by atoms with Crippen LogP contribution < -0.4 is 10.6 Å². The van der Waals surface area contributed by atoms with Gasteiger partial charge in [-0.05, 0) is 47.0 Å². The molecule has 0 heterocycles. The number of nitrogens with one attached hydrogen (secondary N) is 2. The minimum atomic E-state index is 0.434. The summed E-state index contributed by atoms with van der Waals surface area (Å²) in [6.45, 7) is 17.8. The highest BCUT2D eigenvalue weighted by Gasteiger charge is 2.13. The van der Waals surface area contributed by atoms with Crippen LogP contribution in [0.4, 0.5) is 0 Å². The van der Waals surface area contributed by atoms with Gasteiger partial charge in [0.1, 0.15) is 0 Å².